The van der Waals surface area contributed by atoms with Crippen molar-refractivity contribution in [2.75, 3.05) is 5.32 Å². The van der Waals surface area contributed by atoms with Gasteiger partial charge in [-0.15, -0.1) is 0 Å². The molecule has 0 saturated carbocycles. The van der Waals surface area contributed by atoms with E-state index in [1.807, 2.05) is 0 Å². The molecule has 0 heterocycles. The molecule has 21 heavy (non-hydrogen) atoms. The van der Waals surface area contributed by atoms with E-state index in [2.05, 4.69) is 21.2 Å². The smallest absolute Gasteiger partial charge is 0.274 e. The average molecular weight is 410 g/mol. The first-order valence-electron chi connectivity index (χ1n) is 5.70. The third-order valence-electron chi connectivity index (χ3n) is 2.74. The van der Waals surface area contributed by atoms with Crippen LogP contribution in [0.4, 0.5) is 11.4 Å². The Kier molecular flexibility index (Phi) is 5.32. The maximum absolute atomic E-state index is 11.0. The standard InChI is InChI=1S/C13H8BrCl3N2O2/c14-9-2-3-10(13(17)12(9)16)18-6-7-5-8(15)1-4-11(7)19(20)21/h1-5,18H,6H2. The molecular formula is C13H8BrCl3N2O2. The number of benzene rings is 2. The van der Waals surface area contributed by atoms with E-state index >= 15 is 0 Å². The fraction of sp³-hybridized carbons (Fsp3) is 0.0769. The molecule has 0 unspecified atom stereocenters. The molecule has 0 bridgehead atoms. The van der Waals surface area contributed by atoms with Gasteiger partial charge in [-0.2, -0.15) is 0 Å². The van der Waals surface area contributed by atoms with Gasteiger partial charge in [0.25, 0.3) is 5.69 Å². The van der Waals surface area contributed by atoms with Crippen molar-refractivity contribution in [1.29, 1.82) is 0 Å². The fourth-order valence-electron chi connectivity index (χ4n) is 1.73. The second kappa shape index (κ2) is 6.83. The number of rotatable bonds is 4. The highest BCUT2D eigenvalue weighted by Crippen LogP contribution is 2.36. The van der Waals surface area contributed by atoms with Crippen LogP contribution in [-0.2, 0) is 6.54 Å². The van der Waals surface area contributed by atoms with Crippen molar-refractivity contribution in [3.63, 3.8) is 0 Å². The first-order valence-corrected chi connectivity index (χ1v) is 7.63. The van der Waals surface area contributed by atoms with Crippen LogP contribution in [-0.4, -0.2) is 4.92 Å². The number of halogens is 4. The van der Waals surface area contributed by atoms with E-state index in [-0.39, 0.29) is 12.2 Å². The van der Waals surface area contributed by atoms with E-state index in [0.29, 0.717) is 30.8 Å². The monoisotopic (exact) mass is 408 g/mol. The number of nitro groups is 1. The topological polar surface area (TPSA) is 55.2 Å². The molecule has 0 atom stereocenters. The van der Waals surface area contributed by atoms with Crippen LogP contribution in [0, 0.1) is 10.1 Å². The molecule has 2 aromatic rings. The highest BCUT2D eigenvalue weighted by molar-refractivity contribution is 9.10. The van der Waals surface area contributed by atoms with Crippen LogP contribution in [0.3, 0.4) is 0 Å². The molecule has 0 aliphatic heterocycles. The summed E-state index contributed by atoms with van der Waals surface area (Å²) in [7, 11) is 0. The Morgan fingerprint density at radius 2 is 1.86 bits per heavy atom. The van der Waals surface area contributed by atoms with E-state index in [1.165, 1.54) is 12.1 Å². The quantitative estimate of drug-likeness (QED) is 0.386. The van der Waals surface area contributed by atoms with Crippen LogP contribution in [0.2, 0.25) is 15.1 Å². The van der Waals surface area contributed by atoms with Gasteiger partial charge in [0.15, 0.2) is 0 Å². The summed E-state index contributed by atoms with van der Waals surface area (Å²) in [5.41, 5.74) is 1.04. The summed E-state index contributed by atoms with van der Waals surface area (Å²) in [6, 6.07) is 7.86. The maximum atomic E-state index is 11.0. The van der Waals surface area contributed by atoms with Crippen molar-refractivity contribution >= 4 is 62.1 Å². The van der Waals surface area contributed by atoms with Crippen molar-refractivity contribution < 1.29 is 4.92 Å². The van der Waals surface area contributed by atoms with Gasteiger partial charge in [-0.05, 0) is 40.2 Å². The van der Waals surface area contributed by atoms with Gasteiger partial charge in [0.2, 0.25) is 0 Å². The number of nitrogens with one attached hydrogen (secondary N) is 1. The Labute approximate surface area is 144 Å². The zero-order valence-electron chi connectivity index (χ0n) is 10.4. The minimum Gasteiger partial charge on any atom is -0.379 e. The molecule has 2 rings (SSSR count). The molecular weight excluding hydrogens is 402 g/mol. The Morgan fingerprint density at radius 3 is 2.52 bits per heavy atom. The largest absolute Gasteiger partial charge is 0.379 e. The average Bonchev–Trinajstić information content (AvgIpc) is 2.44. The second-order valence-electron chi connectivity index (χ2n) is 4.11. The summed E-state index contributed by atoms with van der Waals surface area (Å²) in [5, 5.41) is 15.2. The van der Waals surface area contributed by atoms with E-state index < -0.39 is 4.92 Å². The van der Waals surface area contributed by atoms with E-state index in [9.17, 15) is 10.1 Å². The minimum absolute atomic E-state index is 0.00812. The van der Waals surface area contributed by atoms with Crippen LogP contribution >= 0.6 is 50.7 Å². The van der Waals surface area contributed by atoms with Crippen LogP contribution in [0.1, 0.15) is 5.56 Å². The molecule has 0 aliphatic carbocycles. The molecule has 110 valence electrons. The molecule has 0 aliphatic rings. The predicted octanol–water partition coefficient (Wildman–Crippen LogP) is 5.93. The molecule has 4 nitrogen and oxygen atoms in total. The van der Waals surface area contributed by atoms with Crippen molar-refractivity contribution in [3.8, 4) is 0 Å². The molecule has 2 aromatic carbocycles. The zero-order chi connectivity index (χ0) is 15.6. The summed E-state index contributed by atoms with van der Waals surface area (Å²) in [6.45, 7) is 0.203. The fourth-order valence-corrected chi connectivity index (χ4v) is 2.76. The zero-order valence-corrected chi connectivity index (χ0v) is 14.2. The lowest BCUT2D eigenvalue weighted by molar-refractivity contribution is -0.385. The lowest BCUT2D eigenvalue weighted by atomic mass is 10.1. The van der Waals surface area contributed by atoms with Crippen LogP contribution in [0.25, 0.3) is 0 Å². The molecule has 1 N–H and O–H groups in total. The summed E-state index contributed by atoms with van der Waals surface area (Å²) in [4.78, 5) is 10.5. The van der Waals surface area contributed by atoms with E-state index in [0.717, 1.165) is 0 Å². The van der Waals surface area contributed by atoms with E-state index in [1.54, 1.807) is 18.2 Å². The first kappa shape index (κ1) is 16.4. The lowest BCUT2D eigenvalue weighted by Crippen LogP contribution is -2.03. The lowest BCUT2D eigenvalue weighted by Gasteiger charge is -2.11. The van der Waals surface area contributed by atoms with Gasteiger partial charge in [0.1, 0.15) is 0 Å². The molecule has 0 fully saturated rings. The normalized spacial score (nSPS) is 10.5. The van der Waals surface area contributed by atoms with Gasteiger partial charge >= 0.3 is 0 Å². The van der Waals surface area contributed by atoms with Crippen molar-refractivity contribution in [2.24, 2.45) is 0 Å². The number of anilines is 1. The predicted molar refractivity (Wildman–Crippen MR) is 89.6 cm³/mol. The van der Waals surface area contributed by atoms with Crippen LogP contribution in [0.5, 0.6) is 0 Å². The summed E-state index contributed by atoms with van der Waals surface area (Å²) >= 11 is 21.3. The highest BCUT2D eigenvalue weighted by atomic mass is 79.9. The number of hydrogen-bond donors (Lipinski definition) is 1. The van der Waals surface area contributed by atoms with Gasteiger partial charge in [0.05, 0.1) is 26.2 Å². The number of nitrogens with zero attached hydrogens (tertiary/aromatic N) is 1. The van der Waals surface area contributed by atoms with Crippen LogP contribution in [0.15, 0.2) is 34.8 Å². The van der Waals surface area contributed by atoms with Gasteiger partial charge in [-0.25, -0.2) is 0 Å². The van der Waals surface area contributed by atoms with Crippen molar-refractivity contribution in [3.05, 3.63) is 65.6 Å². The maximum Gasteiger partial charge on any atom is 0.274 e. The molecule has 0 spiro atoms. The minimum atomic E-state index is -0.455. The Hall–Kier alpha value is -1.01. The van der Waals surface area contributed by atoms with E-state index in [4.69, 9.17) is 34.8 Å². The molecule has 0 saturated heterocycles. The first-order chi connectivity index (χ1) is 9.90. The highest BCUT2D eigenvalue weighted by Gasteiger charge is 2.15. The van der Waals surface area contributed by atoms with Crippen LogP contribution < -0.4 is 5.32 Å². The molecule has 0 radical (unpaired) electrons. The Balaban J connectivity index is 2.26. The van der Waals surface area contributed by atoms with Gasteiger partial charge in [-0.1, -0.05) is 34.8 Å². The third kappa shape index (κ3) is 3.80. The van der Waals surface area contributed by atoms with Gasteiger partial charge in [0, 0.05) is 22.1 Å². The number of nitro benzene ring substituents is 1. The summed E-state index contributed by atoms with van der Waals surface area (Å²) in [6.07, 6.45) is 0. The second-order valence-corrected chi connectivity index (χ2v) is 6.15. The molecule has 0 aromatic heterocycles. The molecule has 8 heteroatoms. The van der Waals surface area contributed by atoms with Crippen molar-refractivity contribution in [1.82, 2.24) is 0 Å². The number of hydrogen-bond acceptors (Lipinski definition) is 3. The van der Waals surface area contributed by atoms with Crippen molar-refractivity contribution in [2.45, 2.75) is 6.54 Å². The van der Waals surface area contributed by atoms with Gasteiger partial charge < -0.3 is 5.32 Å². The molecule has 0 amide bonds. The van der Waals surface area contributed by atoms with Gasteiger partial charge in [-0.3, -0.25) is 10.1 Å². The third-order valence-corrected chi connectivity index (χ3v) is 4.75. The summed E-state index contributed by atoms with van der Waals surface area (Å²) in [5.74, 6) is 0. The SMILES string of the molecule is O=[N+]([O-])c1ccc(Cl)cc1CNc1ccc(Br)c(Cl)c1Cl. The Morgan fingerprint density at radius 1 is 1.14 bits per heavy atom. The summed E-state index contributed by atoms with van der Waals surface area (Å²) < 4.78 is 0.674. The Bertz CT molecular complexity index is 710.